The number of hydrogen-bond donors (Lipinski definition) is 0. The molecule has 0 aliphatic heterocycles. The fraction of sp³-hybridized carbons (Fsp3) is 0.125. The number of fused-ring (bicyclic) bond motifs is 1. The van der Waals surface area contributed by atoms with Crippen molar-refractivity contribution < 1.29 is 8.42 Å². The van der Waals surface area contributed by atoms with Gasteiger partial charge in [-0.3, -0.25) is 0 Å². The van der Waals surface area contributed by atoms with Crippen LogP contribution in [0.3, 0.4) is 0 Å². The van der Waals surface area contributed by atoms with Crippen LogP contribution in [0.4, 0.5) is 0 Å². The van der Waals surface area contributed by atoms with Gasteiger partial charge < -0.3 is 0 Å². The number of benzene rings is 1. The molecule has 1 aromatic carbocycles. The zero-order valence-electron chi connectivity index (χ0n) is 6.93. The smallest absolute Gasteiger partial charge is 0.205 e. The van der Waals surface area contributed by atoms with Crippen molar-refractivity contribution in [2.45, 2.75) is 0 Å². The van der Waals surface area contributed by atoms with Crippen LogP contribution in [0.1, 0.15) is 0 Å². The summed E-state index contributed by atoms with van der Waals surface area (Å²) in [6.07, 6.45) is 2.64. The van der Waals surface area contributed by atoms with Gasteiger partial charge >= 0.3 is 0 Å². The van der Waals surface area contributed by atoms with Crippen molar-refractivity contribution in [2.24, 2.45) is 0 Å². The number of nitrogens with zero attached hydrogens (tertiary/aromatic N) is 2. The lowest BCUT2D eigenvalue weighted by atomic mass is 10.3. The first-order chi connectivity index (χ1) is 6.09. The molecule has 0 aliphatic rings. The van der Waals surface area contributed by atoms with E-state index in [0.29, 0.717) is 5.52 Å². The Balaban J connectivity index is 2.87. The van der Waals surface area contributed by atoms with E-state index in [2.05, 4.69) is 11.2 Å². The van der Waals surface area contributed by atoms with Crippen molar-refractivity contribution >= 4 is 20.9 Å². The molecule has 0 spiro atoms. The third-order valence-electron chi connectivity index (χ3n) is 1.70. The third kappa shape index (κ3) is 1.31. The Morgan fingerprint density at radius 2 is 2.31 bits per heavy atom. The van der Waals surface area contributed by atoms with E-state index in [4.69, 9.17) is 0 Å². The Bertz CT molecular complexity index is 542. The molecule has 1 aromatic heterocycles. The first kappa shape index (κ1) is 8.25. The highest BCUT2D eigenvalue weighted by molar-refractivity contribution is 7.89. The molecule has 0 atom stereocenters. The molecule has 0 unspecified atom stereocenters. The SMILES string of the molecule is CS(=O)(=O)n1ncc2cc[c]cc21. The second-order valence-corrected chi connectivity index (χ2v) is 4.55. The molecule has 0 amide bonds. The van der Waals surface area contributed by atoms with Crippen LogP contribution in [0.5, 0.6) is 0 Å². The monoisotopic (exact) mass is 195 g/mol. The highest BCUT2D eigenvalue weighted by atomic mass is 32.2. The Morgan fingerprint density at radius 1 is 1.54 bits per heavy atom. The summed E-state index contributed by atoms with van der Waals surface area (Å²) < 4.78 is 23.4. The van der Waals surface area contributed by atoms with Crippen LogP contribution in [0.25, 0.3) is 10.9 Å². The molecule has 67 valence electrons. The molecule has 4 nitrogen and oxygen atoms in total. The summed E-state index contributed by atoms with van der Waals surface area (Å²) in [7, 11) is -3.30. The summed E-state index contributed by atoms with van der Waals surface area (Å²) in [4.78, 5) is 0. The van der Waals surface area contributed by atoms with Gasteiger partial charge in [0.15, 0.2) is 0 Å². The zero-order valence-corrected chi connectivity index (χ0v) is 7.75. The molecule has 2 rings (SSSR count). The maximum atomic E-state index is 11.2. The van der Waals surface area contributed by atoms with E-state index < -0.39 is 10.0 Å². The van der Waals surface area contributed by atoms with Crippen molar-refractivity contribution in [3.63, 3.8) is 0 Å². The molecule has 0 bridgehead atoms. The molecule has 2 aromatic rings. The van der Waals surface area contributed by atoms with Crippen LogP contribution in [0, 0.1) is 6.07 Å². The van der Waals surface area contributed by atoms with Crippen molar-refractivity contribution in [3.05, 3.63) is 30.5 Å². The van der Waals surface area contributed by atoms with E-state index in [9.17, 15) is 8.42 Å². The Hall–Kier alpha value is -1.36. The zero-order chi connectivity index (χ0) is 9.47. The first-order valence-corrected chi connectivity index (χ1v) is 5.48. The summed E-state index contributed by atoms with van der Waals surface area (Å²) >= 11 is 0. The van der Waals surface area contributed by atoms with E-state index >= 15 is 0 Å². The van der Waals surface area contributed by atoms with Crippen molar-refractivity contribution in [3.8, 4) is 0 Å². The third-order valence-corrected chi connectivity index (χ3v) is 2.62. The largest absolute Gasteiger partial charge is 0.251 e. The molecule has 13 heavy (non-hydrogen) atoms. The lowest BCUT2D eigenvalue weighted by Crippen LogP contribution is -2.10. The Morgan fingerprint density at radius 3 is 3.00 bits per heavy atom. The van der Waals surface area contributed by atoms with Crippen LogP contribution < -0.4 is 0 Å². The number of aromatic nitrogens is 2. The van der Waals surface area contributed by atoms with Gasteiger partial charge in [0.05, 0.1) is 18.0 Å². The number of hydrogen-bond acceptors (Lipinski definition) is 3. The number of rotatable bonds is 1. The quantitative estimate of drug-likeness (QED) is 0.671. The topological polar surface area (TPSA) is 52.0 Å². The van der Waals surface area contributed by atoms with E-state index in [1.807, 2.05) is 0 Å². The molecule has 5 heteroatoms. The van der Waals surface area contributed by atoms with Crippen LogP contribution in [0.2, 0.25) is 0 Å². The Kier molecular flexibility index (Phi) is 1.63. The molecule has 1 heterocycles. The van der Waals surface area contributed by atoms with Gasteiger partial charge in [-0.1, -0.05) is 12.1 Å². The van der Waals surface area contributed by atoms with Gasteiger partial charge in [-0.05, 0) is 12.1 Å². The van der Waals surface area contributed by atoms with Crippen LogP contribution in [-0.4, -0.2) is 23.9 Å². The summed E-state index contributed by atoms with van der Waals surface area (Å²) in [6, 6.07) is 7.90. The van der Waals surface area contributed by atoms with Crippen LogP contribution in [-0.2, 0) is 10.0 Å². The minimum Gasteiger partial charge on any atom is -0.205 e. The molecule has 0 saturated heterocycles. The summed E-state index contributed by atoms with van der Waals surface area (Å²) in [6.45, 7) is 0. The second kappa shape index (κ2) is 2.56. The summed E-state index contributed by atoms with van der Waals surface area (Å²) in [5.41, 5.74) is 0.560. The van der Waals surface area contributed by atoms with Gasteiger partial charge in [-0.25, -0.2) is 8.42 Å². The molecule has 0 aliphatic carbocycles. The molecular weight excluding hydrogens is 188 g/mol. The van der Waals surface area contributed by atoms with Gasteiger partial charge in [-0.15, -0.1) is 0 Å². The van der Waals surface area contributed by atoms with Crippen molar-refractivity contribution in [1.82, 2.24) is 9.19 Å². The van der Waals surface area contributed by atoms with E-state index in [-0.39, 0.29) is 0 Å². The van der Waals surface area contributed by atoms with Gasteiger partial charge in [0.25, 0.3) is 10.0 Å². The first-order valence-electron chi connectivity index (χ1n) is 3.63. The fourth-order valence-electron chi connectivity index (χ4n) is 1.15. The summed E-state index contributed by atoms with van der Waals surface area (Å²) in [5.74, 6) is 0. The lowest BCUT2D eigenvalue weighted by Gasteiger charge is -1.97. The molecule has 0 N–H and O–H groups in total. The van der Waals surface area contributed by atoms with Gasteiger partial charge in [0.2, 0.25) is 0 Å². The highest BCUT2D eigenvalue weighted by Crippen LogP contribution is 2.13. The van der Waals surface area contributed by atoms with Gasteiger partial charge in [0, 0.05) is 5.39 Å². The van der Waals surface area contributed by atoms with Crippen LogP contribution >= 0.6 is 0 Å². The van der Waals surface area contributed by atoms with E-state index in [1.165, 1.54) is 6.20 Å². The maximum absolute atomic E-state index is 11.2. The molecular formula is C8H7N2O2S. The van der Waals surface area contributed by atoms with E-state index in [1.54, 1.807) is 18.2 Å². The molecule has 1 radical (unpaired) electrons. The van der Waals surface area contributed by atoms with Gasteiger partial charge in [0.1, 0.15) is 0 Å². The van der Waals surface area contributed by atoms with E-state index in [0.717, 1.165) is 15.7 Å². The van der Waals surface area contributed by atoms with Crippen molar-refractivity contribution in [2.75, 3.05) is 6.26 Å². The molecule has 0 saturated carbocycles. The van der Waals surface area contributed by atoms with Crippen molar-refractivity contribution in [1.29, 1.82) is 0 Å². The minimum absolute atomic E-state index is 0.560. The standard InChI is InChI=1S/C8H7N2O2S/c1-13(11,12)10-8-5-3-2-4-7(8)6-9-10/h2,4-6H,1H3. The predicted octanol–water partition coefficient (Wildman–Crippen LogP) is 0.644. The lowest BCUT2D eigenvalue weighted by molar-refractivity contribution is 0.588. The van der Waals surface area contributed by atoms with Gasteiger partial charge in [-0.2, -0.15) is 9.19 Å². The molecule has 0 fully saturated rings. The normalized spacial score (nSPS) is 12.1. The predicted molar refractivity (Wildman–Crippen MR) is 48.8 cm³/mol. The summed E-state index contributed by atoms with van der Waals surface area (Å²) in [5, 5.41) is 4.57. The average molecular weight is 195 g/mol. The second-order valence-electron chi connectivity index (χ2n) is 2.74. The highest BCUT2D eigenvalue weighted by Gasteiger charge is 2.09. The Labute approximate surface area is 75.8 Å². The fourth-order valence-corrected chi connectivity index (χ4v) is 1.88. The average Bonchev–Trinajstić information content (AvgIpc) is 2.45. The maximum Gasteiger partial charge on any atom is 0.251 e. The van der Waals surface area contributed by atoms with Crippen LogP contribution in [0.15, 0.2) is 24.4 Å². The minimum atomic E-state index is -3.30.